The standard InChI is InChI=1S/C24H26ClN3O3.C23H26ClN3O4.C23H28ClN3O2.C17H24N2O2.C6H3ClFNO2.2ClH.Sn/c1-24(2)21(15-6-4-3-5-7-15)28(23(30)31-24)18-11-9-17(10-12-18)27-20-13-8-16(25)14-19(20)26-22(27)29;1-23(2)21(15-6-4-3-5-7-15)26(22(28)31-23)18-11-9-17(10-12-18)25-19-13-8-16(24)14-20(19)27(29)30;1-23(2)21(15-6-4-3-5-7-15)27(22(28)29-23)18-11-9-17(10-12-18)26-20-13-8-16(24)14-19(20)25;1-17(2)15(12-6-4-3-5-7-12)19(16(20)21-17)14-10-8-13(18)9-11-14;7-4-1-2-5(8)6(3-4)9(10)11;;;/h3-8,13-14,17-18,21H,9-12H2,1-2H3,(H,26,29);3-8,13-14,17-18,21,25H,9-12H2,1-2H3;3-8,13-14,17-18,21,26H,9-12,25H2,1-2H3;3-7,13-15H,8-11,18H2,1-2H3;1-3H;2*1H;/q;;;;;;;+2/p-2/t3*17?,18?,21-;13?,14?,15-;;;;/m0000..../s1. The van der Waals surface area contributed by atoms with Crippen molar-refractivity contribution in [2.75, 3.05) is 16.4 Å². The van der Waals surface area contributed by atoms with Crippen molar-refractivity contribution in [3.05, 3.63) is 273 Å². The number of anilines is 3. The van der Waals surface area contributed by atoms with Crippen molar-refractivity contribution in [2.45, 2.75) is 253 Å². The summed E-state index contributed by atoms with van der Waals surface area (Å²) in [5, 5.41) is 30.0. The molecule has 7 N–H and O–H groups in total. The van der Waals surface area contributed by atoms with Crippen LogP contribution in [0.2, 0.25) is 20.1 Å². The number of nitro benzene ring substituents is 2. The van der Waals surface area contributed by atoms with Gasteiger partial charge in [-0.25, -0.2) is 24.0 Å². The van der Waals surface area contributed by atoms with E-state index >= 15 is 0 Å². The molecule has 25 nitrogen and oxygen atoms in total. The Morgan fingerprint density at radius 1 is 0.413 bits per heavy atom. The van der Waals surface area contributed by atoms with Crippen LogP contribution in [0.3, 0.4) is 0 Å². The summed E-state index contributed by atoms with van der Waals surface area (Å²) in [6.07, 6.45) is 13.3. The van der Waals surface area contributed by atoms with Gasteiger partial charge in [-0.3, -0.25) is 44.4 Å². The zero-order valence-corrected chi connectivity index (χ0v) is 78.8. The number of carbonyl (C=O) groups excluding carboxylic acids is 4. The summed E-state index contributed by atoms with van der Waals surface area (Å²) in [6, 6.07) is 60.4. The number of aromatic amines is 1. The van der Waals surface area contributed by atoms with Crippen LogP contribution < -0.4 is 27.8 Å². The number of cyclic esters (lactones) is 4. The van der Waals surface area contributed by atoms with E-state index in [1.54, 1.807) is 24.3 Å². The van der Waals surface area contributed by atoms with Crippen molar-refractivity contribution in [3.63, 3.8) is 0 Å². The molecule has 0 bridgehead atoms. The fraction of sp³-hybridized carbons (Fsp3) is 0.430. The fourth-order valence-corrected chi connectivity index (χ4v) is 20.0. The van der Waals surface area contributed by atoms with Crippen LogP contribution in [0.1, 0.15) is 211 Å². The second-order valence-electron chi connectivity index (χ2n) is 35.1. The van der Waals surface area contributed by atoms with Crippen molar-refractivity contribution in [2.24, 2.45) is 5.73 Å². The van der Waals surface area contributed by atoms with Gasteiger partial charge < -0.3 is 46.0 Å². The van der Waals surface area contributed by atoms with Gasteiger partial charge in [0.15, 0.2) is 0 Å². The number of nitrogens with zero attached hydrogens (tertiary/aromatic N) is 7. The van der Waals surface area contributed by atoms with Crippen LogP contribution in [0.25, 0.3) is 11.0 Å². The third kappa shape index (κ3) is 22.9. The van der Waals surface area contributed by atoms with E-state index in [0.717, 1.165) is 154 Å². The van der Waals surface area contributed by atoms with E-state index in [-0.39, 0.29) is 107 Å². The van der Waals surface area contributed by atoms with Crippen molar-refractivity contribution >= 4 is 147 Å². The summed E-state index contributed by atoms with van der Waals surface area (Å²) in [5.41, 5.74) is 17.2. The first kappa shape index (κ1) is 95.8. The summed E-state index contributed by atoms with van der Waals surface area (Å²) < 4.78 is 37.3. The minimum atomic E-state index is -0.876. The number of ether oxygens (including phenoxy) is 4. The van der Waals surface area contributed by atoms with E-state index in [4.69, 9.17) is 94.7 Å². The number of benzene rings is 8. The van der Waals surface area contributed by atoms with Gasteiger partial charge in [-0.05, 0) is 241 Å². The number of nitro groups is 2. The Labute approximate surface area is 770 Å². The molecule has 8 aromatic carbocycles. The molecule has 17 rings (SSSR count). The molecule has 0 unspecified atom stereocenters. The predicted octanol–water partition coefficient (Wildman–Crippen LogP) is 23.6. The summed E-state index contributed by atoms with van der Waals surface area (Å²) in [5.74, 6) is -0.876. The molecule has 5 heterocycles. The molecule has 4 saturated heterocycles. The van der Waals surface area contributed by atoms with Crippen molar-refractivity contribution in [1.82, 2.24) is 29.2 Å². The third-order valence-corrected chi connectivity index (χ3v) is 25.8. The molecule has 0 spiro atoms. The molecule has 1 aromatic heterocycles. The second kappa shape index (κ2) is 41.9. The van der Waals surface area contributed by atoms with Crippen molar-refractivity contribution < 1.29 is 52.4 Å². The molecule has 4 saturated carbocycles. The number of nitrogens with two attached hydrogens (primary N) is 2. The van der Waals surface area contributed by atoms with Gasteiger partial charge in [-0.15, -0.1) is 0 Å². The Kier molecular flexibility index (Phi) is 31.9. The van der Waals surface area contributed by atoms with Gasteiger partial charge in [0.2, 0.25) is 5.82 Å². The molecular weight excluding hydrogens is 1840 g/mol. The number of carbonyl (C=O) groups is 4. The topological polar surface area (TPSA) is 318 Å². The maximum atomic E-state index is 12.9. The van der Waals surface area contributed by atoms with Gasteiger partial charge in [0.05, 0.1) is 56.4 Å². The molecule has 2 radical (unpaired) electrons. The van der Waals surface area contributed by atoms with Crippen LogP contribution in [0.4, 0.5) is 52.0 Å². The number of nitrogen functional groups attached to an aromatic ring is 1. The Hall–Kier alpha value is -9.26. The third-order valence-electron chi connectivity index (χ3n) is 24.9. The van der Waals surface area contributed by atoms with Crippen LogP contribution in [0.15, 0.2) is 199 Å². The number of fused-ring (bicyclic) bond motifs is 1. The number of imidazole rings is 1. The van der Waals surface area contributed by atoms with E-state index in [1.165, 1.54) is 12.1 Å². The fourth-order valence-electron chi connectivity index (χ4n) is 19.3. The van der Waals surface area contributed by atoms with Crippen LogP contribution in [0.5, 0.6) is 0 Å². The summed E-state index contributed by atoms with van der Waals surface area (Å²) in [7, 11) is 9.87. The van der Waals surface area contributed by atoms with Crippen LogP contribution in [-0.4, -0.2) is 147 Å². The predicted molar refractivity (Wildman–Crippen MR) is 494 cm³/mol. The zero-order valence-electron chi connectivity index (χ0n) is 71.5. The molecule has 126 heavy (non-hydrogen) atoms. The number of H-pyrrole nitrogens is 1. The van der Waals surface area contributed by atoms with E-state index in [1.807, 2.05) is 189 Å². The molecular formula is C93H107Cl6FN12O13Sn. The van der Waals surface area contributed by atoms with Gasteiger partial charge in [-0.1, -0.05) is 168 Å². The van der Waals surface area contributed by atoms with Crippen LogP contribution >= 0.6 is 64.2 Å². The van der Waals surface area contributed by atoms with Crippen molar-refractivity contribution in [1.29, 1.82) is 0 Å². The first-order valence-corrected chi connectivity index (χ1v) is 51.2. The van der Waals surface area contributed by atoms with Crippen molar-refractivity contribution in [3.8, 4) is 0 Å². The normalized spacial score (nSPS) is 24.9. The monoisotopic (exact) mass is 1950 g/mol. The minimum absolute atomic E-state index is 0.0227. The average Bonchev–Trinajstić information content (AvgIpc) is 1.62. The molecule has 8 fully saturated rings. The number of amides is 4. The van der Waals surface area contributed by atoms with E-state index in [2.05, 4.69) is 52.0 Å². The summed E-state index contributed by atoms with van der Waals surface area (Å²) >= 11 is 22.6. The average molecular weight is 1950 g/mol. The molecule has 4 aliphatic heterocycles. The first-order valence-electron chi connectivity index (χ1n) is 42.5. The number of halogens is 7. The molecule has 4 atom stereocenters. The first-order chi connectivity index (χ1) is 60.0. The van der Waals surface area contributed by atoms with Gasteiger partial charge in [0, 0.05) is 80.6 Å². The second-order valence-corrected chi connectivity index (χ2v) is 41.1. The zero-order chi connectivity index (χ0) is 90.7. The van der Waals surface area contributed by atoms with Gasteiger partial charge in [-0.2, -0.15) is 4.39 Å². The Morgan fingerprint density at radius 3 is 1.06 bits per heavy atom. The number of hydrogen-bond donors (Lipinski definition) is 5. The number of aromatic nitrogens is 2. The van der Waals surface area contributed by atoms with Crippen LogP contribution in [0, 0.1) is 26.0 Å². The maximum absolute atomic E-state index is 12.9. The molecule has 8 aliphatic rings. The SMILES string of the molecule is CC1(C)OC(=O)N(C2CCC(N)CC2)[C@H]1c1ccccc1.CC1(C)OC(=O)N(C2CCC(Nc3ccc(Cl)cc3N)CC2)[C@H]1c1ccccc1.CC1(C)OC(=O)N(C2CCC(Nc3ccc(Cl)cc3[N+](=O)[O-])CC2)[C@H]1c1ccccc1.CC1(C)OC(=O)N(C2CCC(n3c(=O)[nH]c4cc(Cl)ccc43)CC2)[C@H]1c1ccccc1.O=[N+]([O-])c1cc(Cl)ccc1F.[Cl][Sn][Cl]. The molecule has 4 aliphatic carbocycles. The van der Waals surface area contributed by atoms with Gasteiger partial charge >= 0.3 is 72.5 Å². The number of nitrogens with one attached hydrogen (secondary N) is 3. The van der Waals surface area contributed by atoms with E-state index in [0.29, 0.717) is 32.5 Å². The Morgan fingerprint density at radius 2 is 0.706 bits per heavy atom. The Balaban J connectivity index is 0.000000146. The summed E-state index contributed by atoms with van der Waals surface area (Å²) in [4.78, 5) is 94.4. The number of hydrogen-bond acceptors (Lipinski definition) is 17. The molecule has 33 heteroatoms. The quantitative estimate of drug-likeness (QED) is 0.0209. The Bertz CT molecular complexity index is 5330. The molecule has 670 valence electrons. The van der Waals surface area contributed by atoms with E-state index in [9.17, 15) is 48.6 Å². The van der Waals surface area contributed by atoms with E-state index < -0.39 is 62.6 Å². The number of rotatable bonds is 15. The summed E-state index contributed by atoms with van der Waals surface area (Å²) in [6.45, 7) is 15.9. The van der Waals surface area contributed by atoms with Gasteiger partial charge in [0.1, 0.15) is 28.1 Å². The van der Waals surface area contributed by atoms with Crippen LogP contribution in [-0.2, 0) is 18.9 Å². The molecule has 9 aromatic rings. The van der Waals surface area contributed by atoms with Gasteiger partial charge in [0.25, 0.3) is 5.69 Å². The molecule has 4 amide bonds.